The molecule has 0 aliphatic heterocycles. The normalized spacial score (nSPS) is 11.1. The van der Waals surface area contributed by atoms with Crippen LogP contribution in [0.5, 0.6) is 0 Å². The molecule has 0 radical (unpaired) electrons. The number of rotatable bonds is 4. The number of aromatic nitrogens is 1. The summed E-state index contributed by atoms with van der Waals surface area (Å²) in [6.07, 6.45) is 0. The van der Waals surface area contributed by atoms with E-state index in [0.717, 1.165) is 0 Å². The lowest BCUT2D eigenvalue weighted by molar-refractivity contribution is -0.142. The van der Waals surface area contributed by atoms with Gasteiger partial charge in [-0.1, -0.05) is 19.0 Å². The van der Waals surface area contributed by atoms with Gasteiger partial charge < -0.3 is 9.26 Å². The highest BCUT2D eigenvalue weighted by Crippen LogP contribution is 2.25. The summed E-state index contributed by atoms with van der Waals surface area (Å²) in [5.74, 6) is -0.294. The summed E-state index contributed by atoms with van der Waals surface area (Å²) < 4.78 is 9.89. The first-order valence-electron chi connectivity index (χ1n) is 5.19. The zero-order valence-corrected chi connectivity index (χ0v) is 10.4. The van der Waals surface area contributed by atoms with Crippen LogP contribution in [0.1, 0.15) is 33.4 Å². The highest BCUT2D eigenvalue weighted by molar-refractivity contribution is 5.87. The molecule has 94 valence electrons. The lowest BCUT2D eigenvalue weighted by Crippen LogP contribution is -2.26. The predicted molar refractivity (Wildman–Crippen MR) is 60.5 cm³/mol. The van der Waals surface area contributed by atoms with Gasteiger partial charge in [0.2, 0.25) is 11.8 Å². The van der Waals surface area contributed by atoms with Crippen LogP contribution in [0.2, 0.25) is 0 Å². The van der Waals surface area contributed by atoms with E-state index in [4.69, 9.17) is 9.26 Å². The van der Waals surface area contributed by atoms with Crippen LogP contribution in [0.3, 0.4) is 0 Å². The van der Waals surface area contributed by atoms with Crippen molar-refractivity contribution in [2.24, 2.45) is 0 Å². The maximum absolute atomic E-state index is 10.8. The molecule has 0 bridgehead atoms. The van der Waals surface area contributed by atoms with Crippen molar-refractivity contribution in [2.45, 2.75) is 33.1 Å². The Morgan fingerprint density at radius 3 is 2.65 bits per heavy atom. The molecule has 1 aromatic heterocycles. The van der Waals surface area contributed by atoms with Gasteiger partial charge in [0.1, 0.15) is 6.61 Å². The van der Waals surface area contributed by atoms with Gasteiger partial charge in [0.05, 0.1) is 5.69 Å². The Morgan fingerprint density at radius 1 is 1.47 bits per heavy atom. The van der Waals surface area contributed by atoms with Crippen molar-refractivity contribution in [3.8, 4) is 0 Å². The Labute approximate surface area is 99.3 Å². The number of hydrogen-bond donors (Lipinski definition) is 1. The zero-order chi connectivity index (χ0) is 13.1. The standard InChI is InChI=1S/C11H16N2O4/c1-7(14)12-10-5-9(13-17-10)11(3,4)6-16-8(2)15/h5H,6H2,1-4H3,(H,12,14). The molecule has 0 aromatic carbocycles. The molecule has 0 atom stereocenters. The number of nitrogens with zero attached hydrogens (tertiary/aromatic N) is 1. The number of anilines is 1. The molecule has 0 saturated heterocycles. The van der Waals surface area contributed by atoms with Crippen LogP contribution < -0.4 is 5.32 Å². The lowest BCUT2D eigenvalue weighted by Gasteiger charge is -2.20. The summed E-state index contributed by atoms with van der Waals surface area (Å²) >= 11 is 0. The number of amides is 1. The summed E-state index contributed by atoms with van der Waals surface area (Å²) in [5, 5.41) is 6.32. The van der Waals surface area contributed by atoms with Gasteiger partial charge in [0, 0.05) is 25.3 Å². The fourth-order valence-corrected chi connectivity index (χ4v) is 1.18. The molecule has 0 saturated carbocycles. The van der Waals surface area contributed by atoms with Crippen LogP contribution in [-0.2, 0) is 19.7 Å². The number of hydrogen-bond acceptors (Lipinski definition) is 5. The van der Waals surface area contributed by atoms with Gasteiger partial charge in [-0.15, -0.1) is 0 Å². The van der Waals surface area contributed by atoms with Crippen LogP contribution >= 0.6 is 0 Å². The van der Waals surface area contributed by atoms with Crippen molar-refractivity contribution in [2.75, 3.05) is 11.9 Å². The van der Waals surface area contributed by atoms with Gasteiger partial charge in [-0.2, -0.15) is 0 Å². The van der Waals surface area contributed by atoms with E-state index in [1.165, 1.54) is 13.8 Å². The second-order valence-electron chi connectivity index (χ2n) is 4.42. The minimum Gasteiger partial charge on any atom is -0.465 e. The second-order valence-corrected chi connectivity index (χ2v) is 4.42. The van der Waals surface area contributed by atoms with Gasteiger partial charge in [-0.3, -0.25) is 14.9 Å². The van der Waals surface area contributed by atoms with E-state index in [1.807, 2.05) is 13.8 Å². The van der Waals surface area contributed by atoms with E-state index in [-0.39, 0.29) is 24.4 Å². The molecule has 1 amide bonds. The molecule has 1 aromatic rings. The van der Waals surface area contributed by atoms with Gasteiger partial charge in [-0.05, 0) is 0 Å². The Hall–Kier alpha value is -1.85. The molecule has 1 N–H and O–H groups in total. The molecule has 1 rings (SSSR count). The molecule has 0 aliphatic carbocycles. The minimum atomic E-state index is -0.466. The average molecular weight is 240 g/mol. The molecule has 0 fully saturated rings. The summed E-state index contributed by atoms with van der Waals surface area (Å²) in [5.41, 5.74) is 0.147. The van der Waals surface area contributed by atoms with Gasteiger partial charge in [0.15, 0.2) is 0 Å². The SMILES string of the molecule is CC(=O)Nc1cc(C(C)(C)COC(C)=O)no1. The molecule has 0 unspecified atom stereocenters. The Balaban J connectivity index is 2.73. The van der Waals surface area contributed by atoms with Gasteiger partial charge in [0.25, 0.3) is 0 Å². The first-order valence-corrected chi connectivity index (χ1v) is 5.19. The maximum atomic E-state index is 10.8. The summed E-state index contributed by atoms with van der Waals surface area (Å²) in [7, 11) is 0. The van der Waals surface area contributed by atoms with E-state index in [9.17, 15) is 9.59 Å². The summed E-state index contributed by atoms with van der Waals surface area (Å²) in [4.78, 5) is 21.6. The monoisotopic (exact) mass is 240 g/mol. The molecule has 1 heterocycles. The van der Waals surface area contributed by atoms with E-state index in [2.05, 4.69) is 10.5 Å². The quantitative estimate of drug-likeness (QED) is 0.806. The van der Waals surface area contributed by atoms with E-state index < -0.39 is 5.41 Å². The molecule has 0 aliphatic rings. The number of esters is 1. The molecule has 6 nitrogen and oxygen atoms in total. The third-order valence-electron chi connectivity index (χ3n) is 2.14. The predicted octanol–water partition coefficient (Wildman–Crippen LogP) is 1.47. The summed E-state index contributed by atoms with van der Waals surface area (Å²) in [6, 6.07) is 1.62. The Kier molecular flexibility index (Phi) is 3.88. The van der Waals surface area contributed by atoms with Crippen molar-refractivity contribution < 1.29 is 18.8 Å². The van der Waals surface area contributed by atoms with E-state index in [1.54, 1.807) is 6.07 Å². The van der Waals surface area contributed by atoms with Gasteiger partial charge in [-0.25, -0.2) is 0 Å². The highest BCUT2D eigenvalue weighted by atomic mass is 16.5. The average Bonchev–Trinajstić information content (AvgIpc) is 2.63. The van der Waals surface area contributed by atoms with Crippen molar-refractivity contribution in [3.05, 3.63) is 11.8 Å². The van der Waals surface area contributed by atoms with Crippen LogP contribution in [0.15, 0.2) is 10.6 Å². The van der Waals surface area contributed by atoms with Crippen molar-refractivity contribution >= 4 is 17.8 Å². The largest absolute Gasteiger partial charge is 0.465 e. The van der Waals surface area contributed by atoms with Crippen LogP contribution in [0.25, 0.3) is 0 Å². The Morgan fingerprint density at radius 2 is 2.12 bits per heavy atom. The fourth-order valence-electron chi connectivity index (χ4n) is 1.18. The third-order valence-corrected chi connectivity index (χ3v) is 2.14. The molecule has 6 heteroatoms. The topological polar surface area (TPSA) is 81.4 Å². The van der Waals surface area contributed by atoms with Crippen LogP contribution in [0.4, 0.5) is 5.88 Å². The zero-order valence-electron chi connectivity index (χ0n) is 10.4. The summed E-state index contributed by atoms with van der Waals surface area (Å²) in [6.45, 7) is 6.67. The third kappa shape index (κ3) is 3.90. The molecule has 17 heavy (non-hydrogen) atoms. The van der Waals surface area contributed by atoms with E-state index >= 15 is 0 Å². The number of carbonyl (C=O) groups is 2. The fraction of sp³-hybridized carbons (Fsp3) is 0.545. The highest BCUT2D eigenvalue weighted by Gasteiger charge is 2.26. The maximum Gasteiger partial charge on any atom is 0.302 e. The molecular formula is C11H16N2O4. The van der Waals surface area contributed by atoms with Crippen molar-refractivity contribution in [1.82, 2.24) is 5.16 Å². The number of ether oxygens (including phenoxy) is 1. The Bertz CT molecular complexity index is 423. The smallest absolute Gasteiger partial charge is 0.302 e. The molecular weight excluding hydrogens is 224 g/mol. The minimum absolute atomic E-state index is 0.203. The van der Waals surface area contributed by atoms with Crippen LogP contribution in [0, 0.1) is 0 Å². The van der Waals surface area contributed by atoms with Gasteiger partial charge >= 0.3 is 5.97 Å². The van der Waals surface area contributed by atoms with Crippen molar-refractivity contribution in [1.29, 1.82) is 0 Å². The second kappa shape index (κ2) is 4.99. The van der Waals surface area contributed by atoms with E-state index in [0.29, 0.717) is 5.69 Å². The number of carbonyl (C=O) groups excluding carboxylic acids is 2. The molecule has 0 spiro atoms. The number of nitrogens with one attached hydrogen (secondary N) is 1. The van der Waals surface area contributed by atoms with Crippen molar-refractivity contribution in [3.63, 3.8) is 0 Å². The first-order chi connectivity index (χ1) is 7.81. The lowest BCUT2D eigenvalue weighted by atomic mass is 9.90. The first kappa shape index (κ1) is 13.2. The van der Waals surface area contributed by atoms with Crippen LogP contribution in [-0.4, -0.2) is 23.6 Å².